The first-order valence-electron chi connectivity index (χ1n) is 4.68. The lowest BCUT2D eigenvalue weighted by atomic mass is 10.3. The van der Waals surface area contributed by atoms with E-state index in [1.54, 1.807) is 24.8 Å². The second-order valence-corrected chi connectivity index (χ2v) is 3.09. The maximum atomic E-state index is 13.1. The molecule has 0 radical (unpaired) electrons. The van der Waals surface area contributed by atoms with Crippen molar-refractivity contribution in [1.82, 2.24) is 15.0 Å². The molecule has 0 aliphatic heterocycles. The zero-order valence-corrected chi connectivity index (χ0v) is 8.07. The summed E-state index contributed by atoms with van der Waals surface area (Å²) in [6.45, 7) is 0.621. The van der Waals surface area contributed by atoms with Crippen LogP contribution in [-0.4, -0.2) is 21.5 Å². The number of anilines is 1. The molecule has 2 N–H and O–H groups in total. The van der Waals surface area contributed by atoms with Crippen LogP contribution >= 0.6 is 0 Å². The lowest BCUT2D eigenvalue weighted by Crippen LogP contribution is -2.07. The van der Waals surface area contributed by atoms with Crippen molar-refractivity contribution in [1.29, 1.82) is 0 Å². The summed E-state index contributed by atoms with van der Waals surface area (Å²) in [6, 6.07) is 2.95. The van der Waals surface area contributed by atoms with Gasteiger partial charge in [0.2, 0.25) is 0 Å². The number of imidazole rings is 1. The molecular weight excluding hydrogens is 195 g/mol. The predicted molar refractivity (Wildman–Crippen MR) is 55.0 cm³/mol. The second-order valence-electron chi connectivity index (χ2n) is 3.09. The van der Waals surface area contributed by atoms with Crippen LogP contribution in [0.1, 0.15) is 5.69 Å². The molecule has 78 valence electrons. The highest BCUT2D eigenvalue weighted by atomic mass is 19.1. The smallest absolute Gasteiger partial charge is 0.165 e. The largest absolute Gasteiger partial charge is 0.367 e. The van der Waals surface area contributed by atoms with Crippen molar-refractivity contribution < 1.29 is 4.39 Å². The first-order valence-corrected chi connectivity index (χ1v) is 4.68. The Hall–Kier alpha value is -1.91. The van der Waals surface area contributed by atoms with E-state index >= 15 is 0 Å². The summed E-state index contributed by atoms with van der Waals surface area (Å²) in [5, 5.41) is 2.92. The number of hydrogen-bond donors (Lipinski definition) is 2. The molecule has 2 heterocycles. The number of halogens is 1. The minimum absolute atomic E-state index is 0.289. The summed E-state index contributed by atoms with van der Waals surface area (Å²) >= 11 is 0. The Labute approximate surface area is 86.6 Å². The van der Waals surface area contributed by atoms with E-state index in [1.807, 2.05) is 0 Å². The van der Waals surface area contributed by atoms with E-state index in [0.29, 0.717) is 6.54 Å². The average molecular weight is 206 g/mol. The molecule has 0 aromatic carbocycles. The van der Waals surface area contributed by atoms with Gasteiger partial charge in [0.25, 0.3) is 0 Å². The summed E-state index contributed by atoms with van der Waals surface area (Å²) < 4.78 is 13.1. The molecule has 0 saturated carbocycles. The van der Waals surface area contributed by atoms with Crippen molar-refractivity contribution in [3.63, 3.8) is 0 Å². The fraction of sp³-hybridized carbons (Fsp3) is 0.200. The van der Waals surface area contributed by atoms with E-state index in [0.717, 1.165) is 12.1 Å². The van der Waals surface area contributed by atoms with Crippen LogP contribution in [-0.2, 0) is 6.42 Å². The number of nitrogens with one attached hydrogen (secondary N) is 2. The fourth-order valence-corrected chi connectivity index (χ4v) is 1.25. The maximum Gasteiger partial charge on any atom is 0.165 e. The zero-order valence-electron chi connectivity index (χ0n) is 8.07. The highest BCUT2D eigenvalue weighted by Gasteiger charge is 2.00. The minimum Gasteiger partial charge on any atom is -0.367 e. The van der Waals surface area contributed by atoms with Crippen molar-refractivity contribution in [3.05, 3.63) is 42.4 Å². The third-order valence-corrected chi connectivity index (χ3v) is 2.00. The van der Waals surface area contributed by atoms with Crippen LogP contribution in [0.5, 0.6) is 0 Å². The van der Waals surface area contributed by atoms with Gasteiger partial charge in [0.1, 0.15) is 0 Å². The SMILES string of the molecule is Fc1cccnc1NCCc1cnc[nH]1. The number of rotatable bonds is 4. The van der Waals surface area contributed by atoms with Gasteiger partial charge in [-0.05, 0) is 12.1 Å². The lowest BCUT2D eigenvalue weighted by molar-refractivity contribution is 0.624. The molecule has 2 rings (SSSR count). The number of hydrogen-bond acceptors (Lipinski definition) is 3. The van der Waals surface area contributed by atoms with Gasteiger partial charge in [0.15, 0.2) is 11.6 Å². The lowest BCUT2D eigenvalue weighted by Gasteiger charge is -2.04. The molecular formula is C10H11FN4. The number of aromatic amines is 1. The Kier molecular flexibility index (Phi) is 2.92. The molecule has 0 saturated heterocycles. The molecule has 4 nitrogen and oxygen atoms in total. The summed E-state index contributed by atoms with van der Waals surface area (Å²) in [6.07, 6.45) is 5.69. The van der Waals surface area contributed by atoms with Crippen LogP contribution in [0.4, 0.5) is 10.2 Å². The number of H-pyrrole nitrogens is 1. The quantitative estimate of drug-likeness (QED) is 0.798. The summed E-state index contributed by atoms with van der Waals surface area (Å²) in [5.41, 5.74) is 1.01. The molecule has 0 aliphatic rings. The maximum absolute atomic E-state index is 13.1. The summed E-state index contributed by atoms with van der Waals surface area (Å²) in [5.74, 6) is -0.0425. The van der Waals surface area contributed by atoms with Gasteiger partial charge >= 0.3 is 0 Å². The van der Waals surface area contributed by atoms with E-state index in [-0.39, 0.29) is 11.6 Å². The molecule has 15 heavy (non-hydrogen) atoms. The fourth-order valence-electron chi connectivity index (χ4n) is 1.25. The summed E-state index contributed by atoms with van der Waals surface area (Å²) in [4.78, 5) is 10.8. The van der Waals surface area contributed by atoms with Gasteiger partial charge in [-0.1, -0.05) is 0 Å². The molecule has 2 aromatic rings. The second kappa shape index (κ2) is 4.54. The highest BCUT2D eigenvalue weighted by molar-refractivity contribution is 5.35. The van der Waals surface area contributed by atoms with Crippen molar-refractivity contribution >= 4 is 5.82 Å². The first kappa shape index (κ1) is 9.64. The monoisotopic (exact) mass is 206 g/mol. The first-order chi connectivity index (χ1) is 7.36. The Morgan fingerprint density at radius 3 is 3.13 bits per heavy atom. The van der Waals surface area contributed by atoms with Crippen LogP contribution in [0, 0.1) is 5.82 Å². The standard InChI is InChI=1S/C10H11FN4/c11-9-2-1-4-13-10(9)14-5-3-8-6-12-7-15-8/h1-2,4,6-7H,3,5H2,(H,12,15)(H,13,14). The molecule has 2 aromatic heterocycles. The number of pyridine rings is 1. The summed E-state index contributed by atoms with van der Waals surface area (Å²) in [7, 11) is 0. The van der Waals surface area contributed by atoms with Crippen LogP contribution in [0.2, 0.25) is 0 Å². The van der Waals surface area contributed by atoms with E-state index in [4.69, 9.17) is 0 Å². The molecule has 5 heteroatoms. The van der Waals surface area contributed by atoms with Gasteiger partial charge in [-0.15, -0.1) is 0 Å². The molecule has 0 unspecified atom stereocenters. The number of nitrogens with zero attached hydrogens (tertiary/aromatic N) is 2. The highest BCUT2D eigenvalue weighted by Crippen LogP contribution is 2.07. The molecule has 0 amide bonds. The minimum atomic E-state index is -0.331. The topological polar surface area (TPSA) is 53.6 Å². The molecule has 0 fully saturated rings. The Bertz CT molecular complexity index is 413. The van der Waals surface area contributed by atoms with Crippen molar-refractivity contribution in [3.8, 4) is 0 Å². The van der Waals surface area contributed by atoms with Crippen molar-refractivity contribution in [2.45, 2.75) is 6.42 Å². The van der Waals surface area contributed by atoms with Crippen molar-refractivity contribution in [2.75, 3.05) is 11.9 Å². The third kappa shape index (κ3) is 2.52. The van der Waals surface area contributed by atoms with E-state index in [2.05, 4.69) is 20.3 Å². The van der Waals surface area contributed by atoms with Gasteiger partial charge in [0.05, 0.1) is 6.33 Å². The van der Waals surface area contributed by atoms with Crippen molar-refractivity contribution in [2.24, 2.45) is 0 Å². The van der Waals surface area contributed by atoms with E-state index in [9.17, 15) is 4.39 Å². The molecule has 0 atom stereocenters. The van der Waals surface area contributed by atoms with Crippen LogP contribution in [0.3, 0.4) is 0 Å². The molecule has 0 aliphatic carbocycles. The zero-order chi connectivity index (χ0) is 10.5. The molecule has 0 spiro atoms. The van der Waals surface area contributed by atoms with Crippen LogP contribution in [0.25, 0.3) is 0 Å². The van der Waals surface area contributed by atoms with Crippen LogP contribution in [0.15, 0.2) is 30.9 Å². The Morgan fingerprint density at radius 2 is 2.40 bits per heavy atom. The third-order valence-electron chi connectivity index (χ3n) is 2.00. The average Bonchev–Trinajstić information content (AvgIpc) is 2.74. The Balaban J connectivity index is 1.86. The number of aromatic nitrogens is 3. The van der Waals surface area contributed by atoms with Gasteiger partial charge < -0.3 is 10.3 Å². The van der Waals surface area contributed by atoms with Crippen LogP contribution < -0.4 is 5.32 Å². The van der Waals surface area contributed by atoms with Gasteiger partial charge in [-0.25, -0.2) is 14.4 Å². The van der Waals surface area contributed by atoms with Gasteiger partial charge in [-0.2, -0.15) is 0 Å². The normalized spacial score (nSPS) is 10.2. The predicted octanol–water partition coefficient (Wildman–Crippen LogP) is 1.60. The Morgan fingerprint density at radius 1 is 1.47 bits per heavy atom. The van der Waals surface area contributed by atoms with Gasteiger partial charge in [0, 0.05) is 31.1 Å². The van der Waals surface area contributed by atoms with E-state index in [1.165, 1.54) is 6.07 Å². The molecule has 0 bridgehead atoms. The van der Waals surface area contributed by atoms with Gasteiger partial charge in [-0.3, -0.25) is 0 Å². The van der Waals surface area contributed by atoms with E-state index < -0.39 is 0 Å².